The van der Waals surface area contributed by atoms with E-state index in [1.54, 1.807) is 16.8 Å². The van der Waals surface area contributed by atoms with E-state index < -0.39 is 0 Å². The van der Waals surface area contributed by atoms with E-state index in [1.165, 1.54) is 24.3 Å². The molecule has 1 aliphatic heterocycles. The van der Waals surface area contributed by atoms with Crippen LogP contribution in [0.25, 0.3) is 0 Å². The topological polar surface area (TPSA) is 49.9 Å². The Balaban J connectivity index is 1.44. The number of carbonyl (C=O) groups is 2. The minimum atomic E-state index is -0.361. The number of carbonyl (C=O) groups excluding carboxylic acids is 2. The molecule has 6 heteroatoms. The lowest BCUT2D eigenvalue weighted by Crippen LogP contribution is -2.44. The minimum Gasteiger partial charge on any atom is -0.491 e. The van der Waals surface area contributed by atoms with E-state index in [9.17, 15) is 14.0 Å². The zero-order valence-corrected chi connectivity index (χ0v) is 16.9. The van der Waals surface area contributed by atoms with Gasteiger partial charge in [0.2, 0.25) is 5.91 Å². The highest BCUT2D eigenvalue weighted by molar-refractivity contribution is 5.94. The molecular formula is C23H27FN2O3. The maximum absolute atomic E-state index is 13.0. The molecule has 2 amide bonds. The highest BCUT2D eigenvalue weighted by atomic mass is 19.1. The van der Waals surface area contributed by atoms with Crippen LogP contribution >= 0.6 is 0 Å². The minimum absolute atomic E-state index is 0.0873. The summed E-state index contributed by atoms with van der Waals surface area (Å²) in [6.07, 6.45) is 1.27. The Morgan fingerprint density at radius 2 is 1.76 bits per heavy atom. The zero-order valence-electron chi connectivity index (χ0n) is 16.9. The molecule has 0 bridgehead atoms. The third kappa shape index (κ3) is 5.34. The molecule has 0 spiro atoms. The van der Waals surface area contributed by atoms with E-state index in [0.717, 1.165) is 11.3 Å². The number of likely N-dealkylation sites (N-methyl/N-ethyl adjacent to an activating group) is 1. The molecule has 0 radical (unpaired) electrons. The lowest BCUT2D eigenvalue weighted by atomic mass is 9.95. The van der Waals surface area contributed by atoms with Crippen LogP contribution in [0.5, 0.6) is 5.75 Å². The van der Waals surface area contributed by atoms with Crippen LogP contribution in [-0.4, -0.2) is 54.9 Å². The fourth-order valence-electron chi connectivity index (χ4n) is 3.54. The largest absolute Gasteiger partial charge is 0.491 e. The van der Waals surface area contributed by atoms with Crippen LogP contribution in [-0.2, 0) is 4.79 Å². The van der Waals surface area contributed by atoms with Crippen molar-refractivity contribution in [2.75, 3.05) is 33.3 Å². The predicted octanol–water partition coefficient (Wildman–Crippen LogP) is 3.52. The first-order valence-corrected chi connectivity index (χ1v) is 9.94. The molecule has 0 aromatic heterocycles. The van der Waals surface area contributed by atoms with E-state index in [2.05, 4.69) is 0 Å². The van der Waals surface area contributed by atoms with E-state index in [0.29, 0.717) is 44.6 Å². The summed E-state index contributed by atoms with van der Waals surface area (Å²) < 4.78 is 18.8. The van der Waals surface area contributed by atoms with Crippen LogP contribution < -0.4 is 4.74 Å². The average molecular weight is 398 g/mol. The van der Waals surface area contributed by atoms with Gasteiger partial charge in [-0.1, -0.05) is 18.2 Å². The highest BCUT2D eigenvalue weighted by Gasteiger charge is 2.29. The fourth-order valence-corrected chi connectivity index (χ4v) is 3.54. The van der Waals surface area contributed by atoms with E-state index in [4.69, 9.17) is 4.74 Å². The fraction of sp³-hybridized carbons (Fsp3) is 0.391. The maximum Gasteiger partial charge on any atom is 0.253 e. The molecule has 5 nitrogen and oxygen atoms in total. The van der Waals surface area contributed by atoms with E-state index >= 15 is 0 Å². The summed E-state index contributed by atoms with van der Waals surface area (Å²) in [4.78, 5) is 28.7. The molecule has 1 fully saturated rings. The maximum atomic E-state index is 13.0. The summed E-state index contributed by atoms with van der Waals surface area (Å²) >= 11 is 0. The van der Waals surface area contributed by atoms with Crippen molar-refractivity contribution in [3.63, 3.8) is 0 Å². The van der Waals surface area contributed by atoms with Crippen LogP contribution in [0, 0.1) is 18.7 Å². The van der Waals surface area contributed by atoms with Gasteiger partial charge in [0, 0.05) is 31.6 Å². The number of ether oxygens (including phenoxy) is 1. The second-order valence-corrected chi connectivity index (χ2v) is 7.45. The molecule has 0 N–H and O–H groups in total. The smallest absolute Gasteiger partial charge is 0.253 e. The number of likely N-dealkylation sites (tertiary alicyclic amines) is 1. The number of piperidine rings is 1. The van der Waals surface area contributed by atoms with Crippen LogP contribution in [0.2, 0.25) is 0 Å². The van der Waals surface area contributed by atoms with Crippen LogP contribution in [0.1, 0.15) is 28.8 Å². The normalized spacial score (nSPS) is 14.5. The SMILES string of the molecule is Cc1ccccc1OCCN(C)C(=O)C1CCN(C(=O)c2ccc(F)cc2)CC1. The van der Waals surface area contributed by atoms with Gasteiger partial charge in [-0.2, -0.15) is 0 Å². The number of halogens is 1. The number of hydrogen-bond acceptors (Lipinski definition) is 3. The number of para-hydroxylation sites is 1. The molecule has 154 valence electrons. The summed E-state index contributed by atoms with van der Waals surface area (Å²) in [6.45, 7) is 4.00. The van der Waals surface area contributed by atoms with Gasteiger partial charge in [0.05, 0.1) is 6.54 Å². The molecule has 2 aromatic rings. The van der Waals surface area contributed by atoms with Gasteiger partial charge in [0.15, 0.2) is 0 Å². The Bertz CT molecular complexity index is 845. The molecule has 0 atom stereocenters. The first-order valence-electron chi connectivity index (χ1n) is 9.94. The van der Waals surface area contributed by atoms with Crippen LogP contribution in [0.3, 0.4) is 0 Å². The molecule has 3 rings (SSSR count). The number of benzene rings is 2. The molecule has 1 heterocycles. The van der Waals surface area contributed by atoms with Crippen molar-refractivity contribution in [2.24, 2.45) is 5.92 Å². The zero-order chi connectivity index (χ0) is 20.8. The number of amides is 2. The number of rotatable bonds is 6. The summed E-state index contributed by atoms with van der Waals surface area (Å²) in [7, 11) is 1.79. The van der Waals surface area contributed by atoms with Gasteiger partial charge in [0.1, 0.15) is 18.2 Å². The third-order valence-corrected chi connectivity index (χ3v) is 5.38. The number of hydrogen-bond donors (Lipinski definition) is 0. The standard InChI is InChI=1S/C23H27FN2O3/c1-17-5-3-4-6-21(17)29-16-15-25(2)22(27)19-11-13-26(14-12-19)23(28)18-7-9-20(24)10-8-18/h3-10,19H,11-16H2,1-2H3. The molecule has 1 aliphatic rings. The van der Waals surface area contributed by atoms with Gasteiger partial charge >= 0.3 is 0 Å². The van der Waals surface area contributed by atoms with E-state index in [1.807, 2.05) is 31.2 Å². The molecule has 1 saturated heterocycles. The molecule has 0 aliphatic carbocycles. The Labute approximate surface area is 171 Å². The lowest BCUT2D eigenvalue weighted by Gasteiger charge is -2.33. The monoisotopic (exact) mass is 398 g/mol. The first-order chi connectivity index (χ1) is 14.0. The molecule has 0 unspecified atom stereocenters. The van der Waals surface area contributed by atoms with Crippen LogP contribution in [0.15, 0.2) is 48.5 Å². The summed E-state index contributed by atoms with van der Waals surface area (Å²) in [6, 6.07) is 13.4. The van der Waals surface area contributed by atoms with Crippen LogP contribution in [0.4, 0.5) is 4.39 Å². The Morgan fingerprint density at radius 3 is 2.41 bits per heavy atom. The summed E-state index contributed by atoms with van der Waals surface area (Å²) in [5, 5.41) is 0. The number of aryl methyl sites for hydroxylation is 1. The molecular weight excluding hydrogens is 371 g/mol. The summed E-state index contributed by atoms with van der Waals surface area (Å²) in [5.74, 6) is 0.361. The highest BCUT2D eigenvalue weighted by Crippen LogP contribution is 2.21. The Morgan fingerprint density at radius 1 is 1.10 bits per heavy atom. The molecule has 0 saturated carbocycles. The van der Waals surface area contributed by atoms with Crippen molar-refractivity contribution >= 4 is 11.8 Å². The quantitative estimate of drug-likeness (QED) is 0.748. The van der Waals surface area contributed by atoms with Gasteiger partial charge in [-0.25, -0.2) is 4.39 Å². The summed E-state index contributed by atoms with van der Waals surface area (Å²) in [5.41, 5.74) is 1.54. The molecule has 2 aromatic carbocycles. The second kappa shape index (κ2) is 9.54. The lowest BCUT2D eigenvalue weighted by molar-refractivity contribution is -0.135. The van der Waals surface area contributed by atoms with Gasteiger partial charge in [-0.05, 0) is 55.7 Å². The number of nitrogens with zero attached hydrogens (tertiary/aromatic N) is 2. The Hall–Kier alpha value is -2.89. The van der Waals surface area contributed by atoms with Gasteiger partial charge in [-0.15, -0.1) is 0 Å². The average Bonchev–Trinajstić information content (AvgIpc) is 2.74. The van der Waals surface area contributed by atoms with Crippen molar-refractivity contribution in [2.45, 2.75) is 19.8 Å². The predicted molar refractivity (Wildman–Crippen MR) is 109 cm³/mol. The Kier molecular flexibility index (Phi) is 6.86. The third-order valence-electron chi connectivity index (χ3n) is 5.38. The van der Waals surface area contributed by atoms with Crippen molar-refractivity contribution in [3.8, 4) is 5.75 Å². The van der Waals surface area contributed by atoms with Gasteiger partial charge in [-0.3, -0.25) is 9.59 Å². The van der Waals surface area contributed by atoms with Crippen molar-refractivity contribution < 1.29 is 18.7 Å². The van der Waals surface area contributed by atoms with Gasteiger partial charge < -0.3 is 14.5 Å². The van der Waals surface area contributed by atoms with Crippen molar-refractivity contribution in [1.82, 2.24) is 9.80 Å². The van der Waals surface area contributed by atoms with Crippen molar-refractivity contribution in [3.05, 3.63) is 65.5 Å². The second-order valence-electron chi connectivity index (χ2n) is 7.45. The molecule has 29 heavy (non-hydrogen) atoms. The van der Waals surface area contributed by atoms with Gasteiger partial charge in [0.25, 0.3) is 5.91 Å². The van der Waals surface area contributed by atoms with Crippen molar-refractivity contribution in [1.29, 1.82) is 0 Å². The van der Waals surface area contributed by atoms with E-state index in [-0.39, 0.29) is 23.5 Å². The first kappa shape index (κ1) is 20.8.